The zero-order valence-corrected chi connectivity index (χ0v) is 41.5. The van der Waals surface area contributed by atoms with Crippen molar-refractivity contribution in [3.63, 3.8) is 0 Å². The third-order valence-electron chi connectivity index (χ3n) is 11.7. The predicted octanol–water partition coefficient (Wildman–Crippen LogP) is -4.49. The number of carboxylic acids is 2. The van der Waals surface area contributed by atoms with Gasteiger partial charge in [0.05, 0.1) is 31.3 Å². The number of para-hydroxylation sites is 1. The van der Waals surface area contributed by atoms with E-state index in [0.717, 1.165) is 10.9 Å². The first-order valence-corrected chi connectivity index (χ1v) is 23.9. The molecule has 0 bridgehead atoms. The number of carboxylic acid groups (broad SMARTS) is 2. The molecule has 0 spiro atoms. The van der Waals surface area contributed by atoms with Crippen molar-refractivity contribution in [1.82, 2.24) is 52.2 Å². The Kier molecular flexibility index (Phi) is 22.1. The molecule has 2 heterocycles. The number of aromatic nitrogens is 3. The van der Waals surface area contributed by atoms with E-state index >= 15 is 0 Å². The van der Waals surface area contributed by atoms with Crippen LogP contribution < -0.4 is 58.9 Å². The number of nitrogens with two attached hydrogens (primary N) is 1. The monoisotopic (exact) mass is 1030 g/mol. The van der Waals surface area contributed by atoms with Gasteiger partial charge in [-0.2, -0.15) is 0 Å². The van der Waals surface area contributed by atoms with Crippen molar-refractivity contribution in [3.05, 3.63) is 84.1 Å². The van der Waals surface area contributed by atoms with Gasteiger partial charge in [0.15, 0.2) is 6.04 Å². The van der Waals surface area contributed by atoms with Crippen LogP contribution in [0.5, 0.6) is 5.75 Å². The van der Waals surface area contributed by atoms with Crippen LogP contribution in [-0.2, 0) is 67.2 Å². The Hall–Kier alpha value is -8.35. The van der Waals surface area contributed by atoms with Crippen molar-refractivity contribution < 1.29 is 69.0 Å². The first kappa shape index (κ1) is 58.2. The molecule has 8 amide bonds. The summed E-state index contributed by atoms with van der Waals surface area (Å²) in [7, 11) is 0. The number of imidazole rings is 1. The lowest BCUT2D eigenvalue weighted by molar-refractivity contribution is -0.403. The minimum atomic E-state index is -1.60. The lowest BCUT2D eigenvalue weighted by Gasteiger charge is -2.28. The average Bonchev–Trinajstić information content (AvgIpc) is 4.01. The van der Waals surface area contributed by atoms with E-state index in [2.05, 4.69) is 57.9 Å². The predicted molar refractivity (Wildman–Crippen MR) is 259 cm³/mol. The van der Waals surface area contributed by atoms with E-state index in [9.17, 15) is 63.3 Å². The Morgan fingerprint density at radius 3 is 1.91 bits per heavy atom. The molecular formula is C49H65N12O13-. The van der Waals surface area contributed by atoms with Gasteiger partial charge in [-0.3, -0.25) is 38.4 Å². The Morgan fingerprint density at radius 2 is 1.28 bits per heavy atom. The molecule has 7 atom stereocenters. The fraction of sp³-hybridized carbons (Fsp3) is 0.449. The van der Waals surface area contributed by atoms with Gasteiger partial charge in [-0.25, -0.2) is 4.98 Å². The molecule has 0 aliphatic heterocycles. The highest BCUT2D eigenvalue weighted by Crippen LogP contribution is 2.20. The zero-order chi connectivity index (χ0) is 54.6. The number of amides is 8. The number of phenolic OH excluding ortho intramolecular Hbond substituents is 1. The molecule has 15 N–H and O–H groups in total. The van der Waals surface area contributed by atoms with Crippen LogP contribution in [-0.4, -0.2) is 128 Å². The minimum absolute atomic E-state index is 0.0841. The number of primary amides is 1. The molecule has 25 nitrogen and oxygen atoms in total. The molecule has 0 fully saturated rings. The second-order valence-corrected chi connectivity index (χ2v) is 18.6. The number of nitrogens with zero attached hydrogens (tertiary/aromatic N) is 1. The number of aliphatic carboxylic acids is 2. The number of hydrogen-bond donors (Lipinski definition) is 12. The molecule has 0 saturated heterocycles. The molecule has 4 aromatic rings. The number of phenols is 1. The van der Waals surface area contributed by atoms with E-state index < -0.39 is 133 Å². The number of nitrogens with one attached hydrogen (secondary N) is 9. The zero-order valence-electron chi connectivity index (χ0n) is 41.5. The Bertz CT molecular complexity index is 2600. The van der Waals surface area contributed by atoms with Crippen molar-refractivity contribution >= 4 is 70.1 Å². The number of fused-ring (bicyclic) bond motifs is 1. The summed E-state index contributed by atoms with van der Waals surface area (Å²) in [5, 5.41) is 51.7. The first-order valence-electron chi connectivity index (χ1n) is 23.9. The molecule has 0 radical (unpaired) electrons. The number of carbonyl (C=O) groups excluding carboxylic acids is 10. The number of aromatic hydroxyl groups is 1. The molecule has 0 aliphatic rings. The van der Waals surface area contributed by atoms with Gasteiger partial charge in [-0.1, -0.05) is 58.0 Å². The molecule has 74 heavy (non-hydrogen) atoms. The van der Waals surface area contributed by atoms with E-state index in [1.54, 1.807) is 44.3 Å². The SMILES string of the molecule is CC(C)C[C@H](NC(=O)[C@@H]([NH3+])Cc1cnc[nH]1)C(=O)N[C@@H](CCC(=O)[O-])C(=O)N[C@H](C(=O)N[C@@H](CCC(N)=O)C(=O)NCC(=O)N[C@@H](Cc1ccc(O)cc1)C(=O)N[C@@H](Cc1c[nH]c2ccccc12)C(=O)[O-])C(C)C. The van der Waals surface area contributed by atoms with Crippen molar-refractivity contribution in [1.29, 1.82) is 0 Å². The van der Waals surface area contributed by atoms with E-state index in [1.165, 1.54) is 50.6 Å². The van der Waals surface area contributed by atoms with Crippen molar-refractivity contribution in [3.8, 4) is 5.75 Å². The molecular weight excluding hydrogens is 965 g/mol. The summed E-state index contributed by atoms with van der Waals surface area (Å²) in [4.78, 5) is 141. The number of quaternary nitrogens is 1. The van der Waals surface area contributed by atoms with E-state index in [-0.39, 0.29) is 43.8 Å². The summed E-state index contributed by atoms with van der Waals surface area (Å²) in [5.41, 5.74) is 11.6. The van der Waals surface area contributed by atoms with Gasteiger partial charge >= 0.3 is 0 Å². The number of aromatic amines is 2. The van der Waals surface area contributed by atoms with Crippen LogP contribution in [0.1, 0.15) is 76.6 Å². The van der Waals surface area contributed by atoms with Gasteiger partial charge in [0.1, 0.15) is 36.0 Å². The molecule has 2 aromatic carbocycles. The summed E-state index contributed by atoms with van der Waals surface area (Å²) >= 11 is 0. The van der Waals surface area contributed by atoms with Crippen LogP contribution in [0.4, 0.5) is 0 Å². The van der Waals surface area contributed by atoms with Crippen LogP contribution >= 0.6 is 0 Å². The largest absolute Gasteiger partial charge is 0.550 e. The lowest BCUT2D eigenvalue weighted by atomic mass is 9.99. The highest BCUT2D eigenvalue weighted by Gasteiger charge is 2.34. The topological polar surface area (TPSA) is 419 Å². The molecule has 0 unspecified atom stereocenters. The molecule has 0 saturated carbocycles. The van der Waals surface area contributed by atoms with Crippen LogP contribution in [0.2, 0.25) is 0 Å². The van der Waals surface area contributed by atoms with Crippen molar-refractivity contribution in [2.45, 2.75) is 121 Å². The van der Waals surface area contributed by atoms with Crippen molar-refractivity contribution in [2.75, 3.05) is 6.54 Å². The van der Waals surface area contributed by atoms with Gasteiger partial charge in [-0.05, 0) is 66.8 Å². The van der Waals surface area contributed by atoms with E-state index in [0.29, 0.717) is 16.8 Å². The maximum absolute atomic E-state index is 13.9. The number of hydrogen-bond acceptors (Lipinski definition) is 14. The standard InChI is InChI=1S/C49H66N12O13/c1-25(2)17-36(59-43(67)32(50)20-29-22-52-24-55-29)46(70)57-35(14-16-41(65)66)45(69)61-42(26(3)4)48(72)58-34(13-15-39(51)63)44(68)54-23-40(64)56-37(18-27-9-11-30(62)12-10-27)47(71)60-38(49(73)74)19-28-21-53-33-8-6-5-7-31(28)33/h5-12,21-22,24-26,32,34-38,42,53,62H,13-20,23,50H2,1-4H3,(H2,51,63)(H,52,55)(H,54,68)(H,56,64)(H,57,70)(H,58,72)(H,59,67)(H,60,71)(H,61,69)(H,65,66)(H,73,74)/p-1/t32-,34-,35-,36-,37-,38-,42-/m0/s1. The van der Waals surface area contributed by atoms with Gasteiger partial charge < -0.3 is 83.6 Å². The van der Waals surface area contributed by atoms with E-state index in [4.69, 9.17) is 5.73 Å². The van der Waals surface area contributed by atoms with E-state index in [1.807, 2.05) is 0 Å². The summed E-state index contributed by atoms with van der Waals surface area (Å²) < 4.78 is 0. The molecule has 2 aromatic heterocycles. The molecule has 25 heteroatoms. The Morgan fingerprint density at radius 1 is 0.676 bits per heavy atom. The number of H-pyrrole nitrogens is 2. The minimum Gasteiger partial charge on any atom is -0.550 e. The maximum Gasteiger partial charge on any atom is 0.279 e. The number of carbonyl (C=O) groups is 10. The second kappa shape index (κ2) is 28.0. The van der Waals surface area contributed by atoms with Crippen LogP contribution in [0.15, 0.2) is 67.3 Å². The summed E-state index contributed by atoms with van der Waals surface area (Å²) in [6.07, 6.45) is 2.46. The third kappa shape index (κ3) is 18.7. The quantitative estimate of drug-likeness (QED) is 0.0234. The summed E-state index contributed by atoms with van der Waals surface area (Å²) in [5.74, 6) is -11.2. The normalized spacial score (nSPS) is 14.0. The number of benzene rings is 2. The summed E-state index contributed by atoms with van der Waals surface area (Å²) in [6.45, 7) is 5.86. The highest BCUT2D eigenvalue weighted by molar-refractivity contribution is 5.97. The van der Waals surface area contributed by atoms with Gasteiger partial charge in [0, 0.05) is 54.2 Å². The van der Waals surface area contributed by atoms with Crippen LogP contribution in [0.25, 0.3) is 10.9 Å². The second-order valence-electron chi connectivity index (χ2n) is 18.6. The fourth-order valence-corrected chi connectivity index (χ4v) is 7.75. The highest BCUT2D eigenvalue weighted by atomic mass is 16.4. The number of rotatable bonds is 30. The van der Waals surface area contributed by atoms with Crippen molar-refractivity contribution in [2.24, 2.45) is 17.6 Å². The molecule has 400 valence electrons. The Labute approximate surface area is 425 Å². The summed E-state index contributed by atoms with van der Waals surface area (Å²) in [6, 6.07) is 3.16. The smallest absolute Gasteiger partial charge is 0.279 e. The molecule has 4 rings (SSSR count). The first-order chi connectivity index (χ1) is 35.0. The lowest BCUT2D eigenvalue weighted by Crippen LogP contribution is -2.70. The van der Waals surface area contributed by atoms with Crippen LogP contribution in [0.3, 0.4) is 0 Å². The molecule has 0 aliphatic carbocycles. The third-order valence-corrected chi connectivity index (χ3v) is 11.7. The van der Waals surface area contributed by atoms with Gasteiger partial charge in [-0.15, -0.1) is 0 Å². The van der Waals surface area contributed by atoms with Crippen LogP contribution in [0, 0.1) is 11.8 Å². The van der Waals surface area contributed by atoms with Gasteiger partial charge in [0.2, 0.25) is 41.4 Å². The Balaban J connectivity index is 1.46. The van der Waals surface area contributed by atoms with Gasteiger partial charge in [0.25, 0.3) is 5.91 Å². The average molecular weight is 1030 g/mol. The maximum atomic E-state index is 13.9. The fourth-order valence-electron chi connectivity index (χ4n) is 7.75.